The number of carbonyl (C=O) groups is 1. The number of hydrogen-bond donors (Lipinski definition) is 5. The zero-order valence-corrected chi connectivity index (χ0v) is 22.9. The highest BCUT2D eigenvalue weighted by molar-refractivity contribution is 5.93. The van der Waals surface area contributed by atoms with Crippen LogP contribution in [0.4, 0.5) is 21.7 Å². The Balaban J connectivity index is 1.20. The second-order valence-electron chi connectivity index (χ2n) is 10.2. The topological polar surface area (TPSA) is 146 Å². The van der Waals surface area contributed by atoms with Crippen molar-refractivity contribution < 1.29 is 23.8 Å². The number of carbonyl (C=O) groups excluding carboxylic acids is 1. The zero-order valence-electron chi connectivity index (χ0n) is 22.9. The van der Waals surface area contributed by atoms with Gasteiger partial charge in [0.2, 0.25) is 5.91 Å². The Bertz CT molecular complexity index is 1490. The first-order chi connectivity index (χ1) is 20.0. The molecule has 0 unspecified atom stereocenters. The van der Waals surface area contributed by atoms with Gasteiger partial charge in [-0.2, -0.15) is 5.10 Å². The van der Waals surface area contributed by atoms with E-state index in [2.05, 4.69) is 36.1 Å². The molecule has 0 atom stereocenters. The van der Waals surface area contributed by atoms with Gasteiger partial charge in [-0.3, -0.25) is 9.89 Å². The standard InChI is InChI=1S/C29H34FN7O4/c1-40-24-15-22-23(16-25(24)41-11-5-10-33-29(17-38)8-2-3-9-29)31-18-32-28(22)35-26-13-21(36-37-26)14-27(39)34-20-7-4-6-19(30)12-20/h4,6-7,12-13,15-16,18,33,38H,2-3,5,8-11,14,17H2,1H3,(H,34,39)(H2,31,32,35,36,37). The van der Waals surface area contributed by atoms with Crippen LogP contribution in [0.15, 0.2) is 48.8 Å². The Hall–Kier alpha value is -4.29. The lowest BCUT2D eigenvalue weighted by atomic mass is 9.99. The molecule has 2 aromatic carbocycles. The van der Waals surface area contributed by atoms with Crippen LogP contribution in [0.2, 0.25) is 0 Å². The van der Waals surface area contributed by atoms with E-state index >= 15 is 0 Å². The predicted molar refractivity (Wildman–Crippen MR) is 153 cm³/mol. The fourth-order valence-corrected chi connectivity index (χ4v) is 5.07. The maximum absolute atomic E-state index is 13.4. The number of rotatable bonds is 13. The molecule has 11 nitrogen and oxygen atoms in total. The van der Waals surface area contributed by atoms with Gasteiger partial charge in [0.1, 0.15) is 18.0 Å². The number of aliphatic hydroxyl groups excluding tert-OH is 1. The molecule has 12 heteroatoms. The quantitative estimate of drug-likeness (QED) is 0.152. The number of benzene rings is 2. The molecule has 41 heavy (non-hydrogen) atoms. The zero-order chi connectivity index (χ0) is 28.7. The van der Waals surface area contributed by atoms with Crippen LogP contribution in [0.5, 0.6) is 11.5 Å². The fourth-order valence-electron chi connectivity index (χ4n) is 5.07. The molecule has 5 rings (SSSR count). The highest BCUT2D eigenvalue weighted by Crippen LogP contribution is 2.35. The largest absolute Gasteiger partial charge is 0.493 e. The van der Waals surface area contributed by atoms with E-state index in [1.807, 2.05) is 12.1 Å². The SMILES string of the molecule is COc1cc2c(Nc3cc(CC(=O)Nc4cccc(F)c4)[nH]n3)ncnc2cc1OCCCNC1(CO)CCCC1. The van der Waals surface area contributed by atoms with E-state index in [1.165, 1.54) is 24.5 Å². The molecule has 216 valence electrons. The van der Waals surface area contributed by atoms with Crippen molar-refractivity contribution in [2.24, 2.45) is 0 Å². The number of anilines is 3. The molecule has 5 N–H and O–H groups in total. The molecule has 4 aromatic rings. The number of nitrogens with one attached hydrogen (secondary N) is 4. The molecule has 1 saturated carbocycles. The van der Waals surface area contributed by atoms with E-state index in [0.717, 1.165) is 38.6 Å². The smallest absolute Gasteiger partial charge is 0.230 e. The van der Waals surface area contributed by atoms with Crippen molar-refractivity contribution in [1.82, 2.24) is 25.5 Å². The summed E-state index contributed by atoms with van der Waals surface area (Å²) in [6, 6.07) is 11.0. The molecule has 0 radical (unpaired) electrons. The molecule has 1 amide bonds. The van der Waals surface area contributed by atoms with Crippen molar-refractivity contribution in [2.45, 2.75) is 44.1 Å². The summed E-state index contributed by atoms with van der Waals surface area (Å²) in [6.07, 6.45) is 6.55. The number of fused-ring (bicyclic) bond motifs is 1. The third kappa shape index (κ3) is 7.08. The van der Waals surface area contributed by atoms with Crippen LogP contribution in [0.1, 0.15) is 37.8 Å². The normalized spacial score (nSPS) is 14.2. The second kappa shape index (κ2) is 12.9. The van der Waals surface area contributed by atoms with Gasteiger partial charge in [0.05, 0.1) is 32.3 Å². The number of halogens is 1. The summed E-state index contributed by atoms with van der Waals surface area (Å²) < 4.78 is 25.0. The highest BCUT2D eigenvalue weighted by Gasteiger charge is 2.32. The van der Waals surface area contributed by atoms with Crippen molar-refractivity contribution in [3.63, 3.8) is 0 Å². The molecule has 0 spiro atoms. The predicted octanol–water partition coefficient (Wildman–Crippen LogP) is 4.09. The van der Waals surface area contributed by atoms with Crippen LogP contribution in [0.3, 0.4) is 0 Å². The van der Waals surface area contributed by atoms with Crippen LogP contribution in [0.25, 0.3) is 10.9 Å². The number of H-pyrrole nitrogens is 1. The lowest BCUT2D eigenvalue weighted by molar-refractivity contribution is -0.115. The van der Waals surface area contributed by atoms with E-state index < -0.39 is 5.82 Å². The number of methoxy groups -OCH3 is 1. The summed E-state index contributed by atoms with van der Waals surface area (Å²) in [4.78, 5) is 21.1. The van der Waals surface area contributed by atoms with Crippen LogP contribution < -0.4 is 25.4 Å². The minimum atomic E-state index is -0.424. The van der Waals surface area contributed by atoms with E-state index in [0.29, 0.717) is 52.0 Å². The fraction of sp³-hybridized carbons (Fsp3) is 0.379. The number of aromatic nitrogens is 4. The Labute approximate surface area is 236 Å². The van der Waals surface area contributed by atoms with Gasteiger partial charge in [0.15, 0.2) is 17.3 Å². The number of ether oxygens (including phenoxy) is 2. The molecular formula is C29H34FN7O4. The molecule has 1 fully saturated rings. The lowest BCUT2D eigenvalue weighted by Crippen LogP contribution is -2.46. The highest BCUT2D eigenvalue weighted by atomic mass is 19.1. The second-order valence-corrected chi connectivity index (χ2v) is 10.2. The Kier molecular flexibility index (Phi) is 8.90. The molecule has 0 saturated heterocycles. The van der Waals surface area contributed by atoms with E-state index in [4.69, 9.17) is 9.47 Å². The van der Waals surface area contributed by atoms with E-state index in [1.54, 1.807) is 19.2 Å². The average Bonchev–Trinajstić information content (AvgIpc) is 3.62. The maximum atomic E-state index is 13.4. The summed E-state index contributed by atoms with van der Waals surface area (Å²) in [5, 5.41) is 26.9. The number of amides is 1. The van der Waals surface area contributed by atoms with Crippen molar-refractivity contribution in [3.05, 3.63) is 60.3 Å². The van der Waals surface area contributed by atoms with Gasteiger partial charge in [-0.05, 0) is 50.1 Å². The van der Waals surface area contributed by atoms with E-state index in [-0.39, 0.29) is 24.5 Å². The number of nitrogens with zero attached hydrogens (tertiary/aromatic N) is 3. The van der Waals surface area contributed by atoms with Gasteiger partial charge >= 0.3 is 0 Å². The minimum Gasteiger partial charge on any atom is -0.493 e. The van der Waals surface area contributed by atoms with Crippen molar-refractivity contribution in [1.29, 1.82) is 0 Å². The molecule has 2 aromatic heterocycles. The molecule has 1 aliphatic carbocycles. The summed E-state index contributed by atoms with van der Waals surface area (Å²) in [5.74, 6) is 1.37. The summed E-state index contributed by atoms with van der Waals surface area (Å²) in [6.45, 7) is 1.40. The molecule has 2 heterocycles. The number of aromatic amines is 1. The van der Waals surface area contributed by atoms with Crippen LogP contribution in [0, 0.1) is 5.82 Å². The maximum Gasteiger partial charge on any atom is 0.230 e. The lowest BCUT2D eigenvalue weighted by Gasteiger charge is -2.28. The van der Waals surface area contributed by atoms with Gasteiger partial charge in [-0.1, -0.05) is 18.9 Å². The van der Waals surface area contributed by atoms with Crippen LogP contribution >= 0.6 is 0 Å². The number of hydrogen-bond acceptors (Lipinski definition) is 9. The summed E-state index contributed by atoms with van der Waals surface area (Å²) >= 11 is 0. The average molecular weight is 564 g/mol. The Morgan fingerprint density at radius 2 is 2.00 bits per heavy atom. The van der Waals surface area contributed by atoms with Crippen LogP contribution in [-0.2, 0) is 11.2 Å². The van der Waals surface area contributed by atoms with Crippen molar-refractivity contribution in [3.8, 4) is 11.5 Å². The molecule has 1 aliphatic rings. The first-order valence-corrected chi connectivity index (χ1v) is 13.7. The number of aliphatic hydroxyl groups is 1. The summed E-state index contributed by atoms with van der Waals surface area (Å²) in [7, 11) is 1.58. The molecular weight excluding hydrogens is 529 g/mol. The third-order valence-electron chi connectivity index (χ3n) is 7.20. The van der Waals surface area contributed by atoms with Crippen LogP contribution in [-0.4, -0.2) is 63.6 Å². The monoisotopic (exact) mass is 563 g/mol. The van der Waals surface area contributed by atoms with Crippen molar-refractivity contribution >= 4 is 34.1 Å². The van der Waals surface area contributed by atoms with E-state index in [9.17, 15) is 14.3 Å². The Morgan fingerprint density at radius 1 is 1.15 bits per heavy atom. The first kappa shape index (κ1) is 28.2. The van der Waals surface area contributed by atoms with Gasteiger partial charge in [0.25, 0.3) is 0 Å². The van der Waals surface area contributed by atoms with Gasteiger partial charge in [-0.15, -0.1) is 0 Å². The molecule has 0 aliphatic heterocycles. The summed E-state index contributed by atoms with van der Waals surface area (Å²) in [5.41, 5.74) is 1.46. The van der Waals surface area contributed by atoms with Gasteiger partial charge in [0, 0.05) is 34.4 Å². The van der Waals surface area contributed by atoms with Gasteiger partial charge in [-0.25, -0.2) is 14.4 Å². The van der Waals surface area contributed by atoms with Crippen molar-refractivity contribution in [2.75, 3.05) is 37.5 Å². The minimum absolute atomic E-state index is 0.0285. The van der Waals surface area contributed by atoms with Gasteiger partial charge < -0.3 is 30.5 Å². The molecule has 0 bridgehead atoms. The Morgan fingerprint density at radius 3 is 2.78 bits per heavy atom. The first-order valence-electron chi connectivity index (χ1n) is 13.7. The third-order valence-corrected chi connectivity index (χ3v) is 7.20.